The lowest BCUT2D eigenvalue weighted by molar-refractivity contribution is -0.151. The highest BCUT2D eigenvalue weighted by Gasteiger charge is 2.40. The summed E-state index contributed by atoms with van der Waals surface area (Å²) in [5.41, 5.74) is 0. The van der Waals surface area contributed by atoms with Gasteiger partial charge in [0.2, 0.25) is 11.8 Å². The molecule has 2 unspecified atom stereocenters. The number of nitrogens with one attached hydrogen (secondary N) is 1. The van der Waals surface area contributed by atoms with Crippen LogP contribution in [-0.4, -0.2) is 35.3 Å². The topological polar surface area (TPSA) is 49.4 Å². The molecule has 2 atom stereocenters. The molecule has 122 valence electrons. The van der Waals surface area contributed by atoms with Gasteiger partial charge >= 0.3 is 0 Å². The van der Waals surface area contributed by atoms with E-state index < -0.39 is 0 Å². The first kappa shape index (κ1) is 18.0. The van der Waals surface area contributed by atoms with Gasteiger partial charge in [0, 0.05) is 6.54 Å². The molecule has 0 bridgehead atoms. The predicted molar refractivity (Wildman–Crippen MR) is 85.9 cm³/mol. The third kappa shape index (κ3) is 5.01. The summed E-state index contributed by atoms with van der Waals surface area (Å²) in [6.45, 7) is 8.99. The monoisotopic (exact) mass is 296 g/mol. The summed E-state index contributed by atoms with van der Waals surface area (Å²) in [5, 5.41) is 2.91. The Morgan fingerprint density at radius 3 is 2.29 bits per heavy atom. The fourth-order valence-electron chi connectivity index (χ4n) is 3.08. The van der Waals surface area contributed by atoms with Crippen LogP contribution in [0.2, 0.25) is 0 Å². The van der Waals surface area contributed by atoms with E-state index in [1.165, 1.54) is 19.3 Å². The normalized spacial score (nSPS) is 22.8. The van der Waals surface area contributed by atoms with Gasteiger partial charge in [0.25, 0.3) is 0 Å². The molecule has 0 spiro atoms. The van der Waals surface area contributed by atoms with Crippen LogP contribution < -0.4 is 5.32 Å². The maximum Gasteiger partial charge on any atom is 0.245 e. The van der Waals surface area contributed by atoms with Crippen molar-refractivity contribution < 1.29 is 9.59 Å². The lowest BCUT2D eigenvalue weighted by atomic mass is 9.95. The van der Waals surface area contributed by atoms with Crippen molar-refractivity contribution in [3.8, 4) is 0 Å². The van der Waals surface area contributed by atoms with E-state index in [4.69, 9.17) is 0 Å². The maximum absolute atomic E-state index is 12.6. The molecule has 4 nitrogen and oxygen atoms in total. The van der Waals surface area contributed by atoms with E-state index in [0.717, 1.165) is 32.2 Å². The van der Waals surface area contributed by atoms with Crippen LogP contribution in [0, 0.1) is 5.92 Å². The molecule has 1 saturated heterocycles. The summed E-state index contributed by atoms with van der Waals surface area (Å²) >= 11 is 0. The van der Waals surface area contributed by atoms with Gasteiger partial charge in [0.05, 0.1) is 0 Å². The number of unbranched alkanes of at least 4 members (excludes halogenated alkanes) is 4. The number of nitrogens with zero attached hydrogens (tertiary/aromatic N) is 1. The van der Waals surface area contributed by atoms with Crippen LogP contribution in [0.3, 0.4) is 0 Å². The second-order valence-corrected chi connectivity index (χ2v) is 6.48. The Kier molecular flexibility index (Phi) is 7.76. The van der Waals surface area contributed by atoms with E-state index >= 15 is 0 Å². The highest BCUT2D eigenvalue weighted by molar-refractivity contribution is 5.97. The molecule has 2 amide bonds. The second-order valence-electron chi connectivity index (χ2n) is 6.48. The van der Waals surface area contributed by atoms with Crippen LogP contribution in [0.25, 0.3) is 0 Å². The zero-order valence-corrected chi connectivity index (χ0v) is 14.2. The summed E-state index contributed by atoms with van der Waals surface area (Å²) in [6, 6.07) is -0.607. The molecule has 1 fully saturated rings. The first-order chi connectivity index (χ1) is 10.0. The Morgan fingerprint density at radius 2 is 1.71 bits per heavy atom. The fourth-order valence-corrected chi connectivity index (χ4v) is 3.08. The smallest absolute Gasteiger partial charge is 0.245 e. The third-order valence-electron chi connectivity index (χ3n) is 4.21. The highest BCUT2D eigenvalue weighted by Crippen LogP contribution is 2.20. The number of amides is 2. The van der Waals surface area contributed by atoms with E-state index in [1.807, 2.05) is 25.7 Å². The van der Waals surface area contributed by atoms with Gasteiger partial charge in [-0.25, -0.2) is 0 Å². The fraction of sp³-hybridized carbons (Fsp3) is 0.882. The van der Waals surface area contributed by atoms with Gasteiger partial charge in [0.1, 0.15) is 12.1 Å². The van der Waals surface area contributed by atoms with Gasteiger partial charge in [-0.3, -0.25) is 9.59 Å². The van der Waals surface area contributed by atoms with Crippen LogP contribution in [0.5, 0.6) is 0 Å². The lowest BCUT2D eigenvalue weighted by Gasteiger charge is -2.41. The van der Waals surface area contributed by atoms with Crippen molar-refractivity contribution in [1.82, 2.24) is 10.2 Å². The Balaban J connectivity index is 2.66. The molecule has 0 aromatic carbocycles. The molecule has 1 heterocycles. The van der Waals surface area contributed by atoms with Crippen molar-refractivity contribution in [2.45, 2.75) is 84.7 Å². The van der Waals surface area contributed by atoms with Crippen molar-refractivity contribution in [1.29, 1.82) is 0 Å². The zero-order chi connectivity index (χ0) is 15.8. The van der Waals surface area contributed by atoms with E-state index in [-0.39, 0.29) is 29.8 Å². The molecular formula is C17H32N2O2. The molecule has 0 radical (unpaired) electrons. The van der Waals surface area contributed by atoms with Crippen molar-refractivity contribution >= 4 is 11.8 Å². The van der Waals surface area contributed by atoms with Crippen LogP contribution in [0.1, 0.15) is 72.6 Å². The second kappa shape index (κ2) is 9.06. The number of hydrogen-bond donors (Lipinski definition) is 1. The highest BCUT2D eigenvalue weighted by atomic mass is 16.2. The van der Waals surface area contributed by atoms with E-state index in [9.17, 15) is 9.59 Å². The summed E-state index contributed by atoms with van der Waals surface area (Å²) < 4.78 is 0. The molecule has 0 aromatic rings. The van der Waals surface area contributed by atoms with Gasteiger partial charge in [-0.15, -0.1) is 0 Å². The number of piperazine rings is 1. The Hall–Kier alpha value is -1.06. The summed E-state index contributed by atoms with van der Waals surface area (Å²) in [5.74, 6) is 0.300. The first-order valence-corrected chi connectivity index (χ1v) is 8.63. The number of hydrogen-bond acceptors (Lipinski definition) is 2. The van der Waals surface area contributed by atoms with Gasteiger partial charge in [-0.2, -0.15) is 0 Å². The minimum atomic E-state index is -0.312. The van der Waals surface area contributed by atoms with Gasteiger partial charge < -0.3 is 10.2 Å². The molecular weight excluding hydrogens is 264 g/mol. The van der Waals surface area contributed by atoms with Gasteiger partial charge in [0.15, 0.2) is 0 Å². The molecule has 1 N–H and O–H groups in total. The van der Waals surface area contributed by atoms with E-state index in [2.05, 4.69) is 12.2 Å². The van der Waals surface area contributed by atoms with E-state index in [1.54, 1.807) is 0 Å². The summed E-state index contributed by atoms with van der Waals surface area (Å²) in [6.07, 6.45) is 7.48. The van der Waals surface area contributed by atoms with Crippen molar-refractivity contribution in [2.75, 3.05) is 6.54 Å². The molecule has 0 aromatic heterocycles. The number of carbonyl (C=O) groups excluding carboxylic acids is 2. The third-order valence-corrected chi connectivity index (χ3v) is 4.21. The molecule has 1 aliphatic heterocycles. The molecule has 21 heavy (non-hydrogen) atoms. The van der Waals surface area contributed by atoms with Gasteiger partial charge in [-0.1, -0.05) is 59.8 Å². The lowest BCUT2D eigenvalue weighted by Crippen LogP contribution is -2.64. The molecule has 1 rings (SSSR count). The van der Waals surface area contributed by atoms with Crippen molar-refractivity contribution in [3.05, 3.63) is 0 Å². The zero-order valence-electron chi connectivity index (χ0n) is 14.2. The average molecular weight is 296 g/mol. The number of carbonyl (C=O) groups is 2. The molecule has 1 aliphatic rings. The van der Waals surface area contributed by atoms with Crippen LogP contribution in [0.4, 0.5) is 0 Å². The van der Waals surface area contributed by atoms with E-state index in [0.29, 0.717) is 0 Å². The largest absolute Gasteiger partial charge is 0.342 e. The van der Waals surface area contributed by atoms with Crippen molar-refractivity contribution in [2.24, 2.45) is 5.92 Å². The van der Waals surface area contributed by atoms with Gasteiger partial charge in [-0.05, 0) is 18.8 Å². The molecule has 4 heteroatoms. The maximum atomic E-state index is 12.6. The molecule has 0 aliphatic carbocycles. The SMILES string of the molecule is CCCCCCCN1C(=O)C(CCC)NC(=O)C1C(C)C. The van der Waals surface area contributed by atoms with Crippen LogP contribution >= 0.6 is 0 Å². The minimum Gasteiger partial charge on any atom is -0.342 e. The number of rotatable bonds is 9. The summed E-state index contributed by atoms with van der Waals surface area (Å²) in [7, 11) is 0. The van der Waals surface area contributed by atoms with Crippen molar-refractivity contribution in [3.63, 3.8) is 0 Å². The minimum absolute atomic E-state index is 0.0246. The standard InChI is InChI=1S/C17H32N2O2/c1-5-7-8-9-10-12-19-15(13(3)4)16(20)18-14(11-6-2)17(19)21/h13-15H,5-12H2,1-4H3,(H,18,20). The molecule has 0 saturated carbocycles. The predicted octanol–water partition coefficient (Wildman–Crippen LogP) is 3.11. The van der Waals surface area contributed by atoms with Crippen LogP contribution in [0.15, 0.2) is 0 Å². The average Bonchev–Trinajstić information content (AvgIpc) is 2.43. The quantitative estimate of drug-likeness (QED) is 0.665. The van der Waals surface area contributed by atoms with Crippen LogP contribution in [-0.2, 0) is 9.59 Å². The first-order valence-electron chi connectivity index (χ1n) is 8.63. The Bertz CT molecular complexity index is 342. The summed E-state index contributed by atoms with van der Waals surface area (Å²) in [4.78, 5) is 26.8. The Labute approximate surface area is 129 Å². The Morgan fingerprint density at radius 1 is 1.05 bits per heavy atom.